The largest absolute Gasteiger partial charge is 0.494 e. The Bertz CT molecular complexity index is 5260. The lowest BCUT2D eigenvalue weighted by Gasteiger charge is -2.21. The number of nitrogens with one attached hydrogen (secondary N) is 6. The molecule has 0 atom stereocenters. The lowest BCUT2D eigenvalue weighted by atomic mass is 9.96. The second-order valence-electron chi connectivity index (χ2n) is 21.4. The molecule has 0 amide bonds. The Labute approximate surface area is 542 Å². The lowest BCUT2D eigenvalue weighted by molar-refractivity contribution is 0.163. The summed E-state index contributed by atoms with van der Waals surface area (Å²) >= 11 is 4.47. The topological polar surface area (TPSA) is 355 Å². The molecule has 23 nitrogen and oxygen atoms in total. The number of sulfonamides is 3. The number of para-hydroxylation sites is 1. The van der Waals surface area contributed by atoms with E-state index in [1.165, 1.54) is 76.6 Å². The monoisotopic (exact) mass is 1360 g/mol. The van der Waals surface area contributed by atoms with Crippen LogP contribution in [0, 0.1) is 5.41 Å². The number of aromatic nitrogens is 7. The number of rotatable bonds is 17. The third-order valence-electron chi connectivity index (χ3n) is 14.4. The zero-order valence-corrected chi connectivity index (χ0v) is 53.7. The average molecular weight is 1360 g/mol. The molecular formula is C64H53N13O10S6. The number of pyridine rings is 1. The fraction of sp³-hybridized carbons (Fsp3) is 0.0781. The fourth-order valence-corrected chi connectivity index (χ4v) is 15.4. The second kappa shape index (κ2) is 26.2. The lowest BCUT2D eigenvalue weighted by Crippen LogP contribution is -2.36. The van der Waals surface area contributed by atoms with Gasteiger partial charge in [0, 0.05) is 65.3 Å². The summed E-state index contributed by atoms with van der Waals surface area (Å²) in [5, 5.41) is 42.9. The molecule has 0 saturated heterocycles. The third kappa shape index (κ3) is 13.9. The molecule has 7 heterocycles. The molecule has 29 heteroatoms. The molecule has 0 spiro atoms. The third-order valence-corrected chi connectivity index (χ3v) is 21.2. The Kier molecular flexibility index (Phi) is 17.7. The Hall–Kier alpha value is -10.2. The van der Waals surface area contributed by atoms with Gasteiger partial charge in [-0.15, -0.1) is 34.0 Å². The standard InChI is InChI=1S/C22H16N4O3S2.C21H15N5O3S2.C21H22N4O4S2/c27-22-17(20-18(25-22)10-11-19-21(20)30-13-24-19)12-23-14-6-8-16(9-7-14)31(28,29)26-15-4-2-1-3-5-15;27-21-15(19-16(25-21)8-9-17-20(19)30-12-24-17)11-23-13-4-6-14(7-5-13)31(28,29)26-18-3-1-2-10-22-18;1-21(2,11-26)10-24-31(28,29)14-5-3-13(4-6-14)22-9-15-18-16(25-20(15)27)7-8-17-19(18)30-12-23-17/h1-13,25-27H;1-12,25,27H,(H,22,26);3-9,12,24-27H,10-11H2,1-2H3. The summed E-state index contributed by atoms with van der Waals surface area (Å²) in [6.45, 7) is 3.54. The molecule has 14 aromatic rings. The number of aromatic amines is 3. The molecule has 0 bridgehead atoms. The Morgan fingerprint density at radius 1 is 0.462 bits per heavy atom. The Morgan fingerprint density at radius 3 is 1.22 bits per heavy atom. The maximum absolute atomic E-state index is 12.6. The number of benzene rings is 7. The summed E-state index contributed by atoms with van der Waals surface area (Å²) in [5.41, 5.74) is 13.4. The van der Waals surface area contributed by atoms with Crippen molar-refractivity contribution in [3.63, 3.8) is 0 Å². The Morgan fingerprint density at radius 2 is 0.839 bits per heavy atom. The number of aliphatic imine (C=N–C) groups is 3. The van der Waals surface area contributed by atoms with Crippen molar-refractivity contribution in [2.24, 2.45) is 20.4 Å². The van der Waals surface area contributed by atoms with Gasteiger partial charge in [0.1, 0.15) is 5.82 Å². The van der Waals surface area contributed by atoms with Crippen LogP contribution in [-0.4, -0.2) is 112 Å². The molecule has 0 radical (unpaired) electrons. The first-order valence-electron chi connectivity index (χ1n) is 28.0. The highest BCUT2D eigenvalue weighted by Crippen LogP contribution is 2.38. The number of H-pyrrole nitrogens is 3. The van der Waals surface area contributed by atoms with Gasteiger partial charge in [-0.25, -0.2) is 49.9 Å². The van der Waals surface area contributed by atoms with Crippen molar-refractivity contribution in [1.29, 1.82) is 0 Å². The van der Waals surface area contributed by atoms with E-state index in [1.54, 1.807) is 128 Å². The predicted molar refractivity (Wildman–Crippen MR) is 369 cm³/mol. The van der Waals surface area contributed by atoms with Crippen LogP contribution in [0.3, 0.4) is 0 Å². The number of nitrogens with zero attached hydrogens (tertiary/aromatic N) is 7. The number of aromatic hydroxyl groups is 3. The number of hydrogen-bond donors (Lipinski definition) is 10. The van der Waals surface area contributed by atoms with Gasteiger partial charge in [-0.1, -0.05) is 38.1 Å². The first kappa shape index (κ1) is 62.9. The first-order chi connectivity index (χ1) is 44.7. The molecule has 0 fully saturated rings. The summed E-state index contributed by atoms with van der Waals surface area (Å²) in [6.07, 6.45) is 6.19. The van der Waals surface area contributed by atoms with E-state index >= 15 is 0 Å². The van der Waals surface area contributed by atoms with Gasteiger partial charge in [-0.3, -0.25) is 24.4 Å². The number of hydrogen-bond acceptors (Lipinski definition) is 20. The van der Waals surface area contributed by atoms with Crippen molar-refractivity contribution in [3.8, 4) is 17.6 Å². The summed E-state index contributed by atoms with van der Waals surface area (Å²) in [6, 6.07) is 43.4. The minimum Gasteiger partial charge on any atom is -0.494 e. The highest BCUT2D eigenvalue weighted by molar-refractivity contribution is 7.93. The zero-order chi connectivity index (χ0) is 65.1. The quantitative estimate of drug-likeness (QED) is 0.0379. The molecular weight excluding hydrogens is 1300 g/mol. The van der Waals surface area contributed by atoms with Crippen molar-refractivity contribution in [1.82, 2.24) is 39.6 Å². The minimum absolute atomic E-state index is 0.00884. The van der Waals surface area contributed by atoms with Crippen molar-refractivity contribution in [2.45, 2.75) is 28.5 Å². The van der Waals surface area contributed by atoms with Gasteiger partial charge in [0.25, 0.3) is 20.0 Å². The molecule has 0 unspecified atom stereocenters. The van der Waals surface area contributed by atoms with Crippen LogP contribution >= 0.6 is 34.0 Å². The Balaban J connectivity index is 0.000000134. The van der Waals surface area contributed by atoms with Crippen LogP contribution in [0.1, 0.15) is 30.5 Å². The molecule has 93 heavy (non-hydrogen) atoms. The first-order valence-corrected chi connectivity index (χ1v) is 35.1. The molecule has 10 N–H and O–H groups in total. The number of thiazole rings is 3. The molecule has 7 aromatic heterocycles. The maximum atomic E-state index is 12.6. The maximum Gasteiger partial charge on any atom is 0.263 e. The van der Waals surface area contributed by atoms with E-state index in [9.17, 15) is 45.7 Å². The van der Waals surface area contributed by atoms with E-state index in [-0.39, 0.29) is 51.3 Å². The van der Waals surface area contributed by atoms with Gasteiger partial charge >= 0.3 is 0 Å². The van der Waals surface area contributed by atoms with Crippen molar-refractivity contribution in [2.75, 3.05) is 22.6 Å². The molecule has 14 rings (SSSR count). The molecule has 7 aromatic carbocycles. The van der Waals surface area contributed by atoms with Gasteiger partial charge in [-0.05, 0) is 133 Å². The number of fused-ring (bicyclic) bond motifs is 9. The summed E-state index contributed by atoms with van der Waals surface area (Å²) in [7, 11) is -11.1. The van der Waals surface area contributed by atoms with Crippen molar-refractivity contribution >= 4 is 175 Å². The van der Waals surface area contributed by atoms with E-state index < -0.39 is 35.5 Å². The summed E-state index contributed by atoms with van der Waals surface area (Å²) in [5.74, 6) is 0.285. The number of aliphatic hydroxyl groups is 1. The summed E-state index contributed by atoms with van der Waals surface area (Å²) < 4.78 is 85.4. The highest BCUT2D eigenvalue weighted by atomic mass is 32.2. The minimum atomic E-state index is -3.76. The van der Waals surface area contributed by atoms with Gasteiger partial charge < -0.3 is 35.4 Å². The van der Waals surface area contributed by atoms with Crippen LogP contribution in [-0.2, 0) is 30.1 Å². The molecule has 0 aliphatic carbocycles. The van der Waals surface area contributed by atoms with Crippen LogP contribution in [0.4, 0.5) is 28.6 Å². The van der Waals surface area contributed by atoms with Crippen LogP contribution in [0.2, 0.25) is 0 Å². The number of anilines is 2. The second-order valence-corrected chi connectivity index (χ2v) is 29.1. The van der Waals surface area contributed by atoms with Crippen LogP contribution in [0.15, 0.2) is 210 Å². The zero-order valence-electron chi connectivity index (χ0n) is 48.8. The molecule has 470 valence electrons. The smallest absolute Gasteiger partial charge is 0.263 e. The van der Waals surface area contributed by atoms with Gasteiger partial charge in [0.2, 0.25) is 10.0 Å². The molecule has 0 saturated carbocycles. The van der Waals surface area contributed by atoms with Crippen LogP contribution < -0.4 is 14.2 Å². The molecule has 0 aliphatic rings. The summed E-state index contributed by atoms with van der Waals surface area (Å²) in [4.78, 5) is 39.3. The van der Waals surface area contributed by atoms with E-state index in [1.807, 2.05) is 42.5 Å². The normalized spacial score (nSPS) is 12.4. The van der Waals surface area contributed by atoms with Crippen LogP contribution in [0.5, 0.6) is 17.6 Å². The van der Waals surface area contributed by atoms with Gasteiger partial charge in [0.05, 0.1) is 112 Å². The van der Waals surface area contributed by atoms with E-state index in [2.05, 4.69) is 64.0 Å². The van der Waals surface area contributed by atoms with Gasteiger partial charge in [-0.2, -0.15) is 0 Å². The van der Waals surface area contributed by atoms with E-state index in [0.29, 0.717) is 39.4 Å². The van der Waals surface area contributed by atoms with Crippen molar-refractivity contribution < 1.29 is 45.7 Å². The van der Waals surface area contributed by atoms with E-state index in [4.69, 9.17) is 0 Å². The van der Waals surface area contributed by atoms with Crippen LogP contribution in [0.25, 0.3) is 63.4 Å². The predicted octanol–water partition coefficient (Wildman–Crippen LogP) is 13.0. The van der Waals surface area contributed by atoms with E-state index in [0.717, 1.165) is 63.4 Å². The molecule has 0 aliphatic heterocycles. The van der Waals surface area contributed by atoms with Gasteiger partial charge in [0.15, 0.2) is 17.6 Å². The fourth-order valence-electron chi connectivity index (χ4n) is 9.54. The average Bonchev–Trinajstić information content (AvgIpc) is 1.64. The van der Waals surface area contributed by atoms with Crippen molar-refractivity contribution in [3.05, 3.63) is 197 Å². The number of aliphatic hydroxyl groups excluding tert-OH is 1. The SMILES string of the molecule is CC(C)(CO)CNS(=O)(=O)c1ccc(N=Cc2c(O)[nH]c3ccc4ncsc4c23)cc1.O=S(=O)(Nc1ccccc1)c1ccc(N=Cc2c(O)[nH]c3ccc4ncsc4c23)cc1.O=S(=O)(Nc1ccccn1)c1ccc(N=Cc2c(O)[nH]c3ccc4ncsc4c23)cc1. The highest BCUT2D eigenvalue weighted by Gasteiger charge is 2.23.